The van der Waals surface area contributed by atoms with Gasteiger partial charge in [0.25, 0.3) is 0 Å². The molecule has 0 N–H and O–H groups in total. The van der Waals surface area contributed by atoms with Crippen molar-refractivity contribution in [3.63, 3.8) is 0 Å². The first-order valence-corrected chi connectivity index (χ1v) is 5.22. The van der Waals surface area contributed by atoms with Crippen molar-refractivity contribution in [1.29, 1.82) is 0 Å². The Bertz CT molecular complexity index is 360. The molecule has 4 heteroatoms. The lowest BCUT2D eigenvalue weighted by molar-refractivity contribution is 0.234. The molecule has 0 amide bonds. The van der Waals surface area contributed by atoms with Crippen molar-refractivity contribution in [3.8, 4) is 17.2 Å². The molecule has 1 aromatic rings. The van der Waals surface area contributed by atoms with E-state index in [4.69, 9.17) is 18.9 Å². The first-order chi connectivity index (χ1) is 8.26. The van der Waals surface area contributed by atoms with E-state index in [1.54, 1.807) is 28.4 Å². The smallest absolute Gasteiger partial charge is 0.203 e. The number of methoxy groups -OCH3 is 4. The van der Waals surface area contributed by atoms with Crippen LogP contribution in [0.2, 0.25) is 0 Å². The van der Waals surface area contributed by atoms with E-state index in [0.717, 1.165) is 5.56 Å². The van der Waals surface area contributed by atoms with Crippen molar-refractivity contribution in [2.75, 3.05) is 35.0 Å². The molecule has 17 heavy (non-hydrogen) atoms. The SMILES string of the molecule is COC/C=C/c1cc(OC)c(OC)c(OC)c1. The number of rotatable bonds is 6. The predicted octanol–water partition coefficient (Wildman–Crippen LogP) is 2.37. The van der Waals surface area contributed by atoms with Gasteiger partial charge in [0.05, 0.1) is 27.9 Å². The summed E-state index contributed by atoms with van der Waals surface area (Å²) in [5.41, 5.74) is 0.969. The molecule has 1 aromatic carbocycles. The molecular formula is C13H18O4. The first kappa shape index (κ1) is 13.4. The number of ether oxygens (including phenoxy) is 4. The minimum absolute atomic E-state index is 0.566. The Morgan fingerprint density at radius 3 is 1.94 bits per heavy atom. The van der Waals surface area contributed by atoms with E-state index in [2.05, 4.69) is 0 Å². The second kappa shape index (κ2) is 6.81. The Hall–Kier alpha value is -1.68. The fourth-order valence-corrected chi connectivity index (χ4v) is 1.48. The van der Waals surface area contributed by atoms with Crippen molar-refractivity contribution in [1.82, 2.24) is 0 Å². The van der Waals surface area contributed by atoms with Gasteiger partial charge in [-0.2, -0.15) is 0 Å². The molecule has 0 aliphatic rings. The Labute approximate surface area is 102 Å². The lowest BCUT2D eigenvalue weighted by atomic mass is 10.1. The maximum absolute atomic E-state index is 5.26. The Morgan fingerprint density at radius 1 is 0.941 bits per heavy atom. The summed E-state index contributed by atoms with van der Waals surface area (Å²) in [4.78, 5) is 0. The molecule has 0 aliphatic carbocycles. The molecule has 0 unspecified atom stereocenters. The Kier molecular flexibility index (Phi) is 5.36. The third kappa shape index (κ3) is 3.39. The summed E-state index contributed by atoms with van der Waals surface area (Å²) in [6, 6.07) is 3.76. The molecule has 0 saturated carbocycles. The van der Waals surface area contributed by atoms with E-state index in [1.807, 2.05) is 24.3 Å². The highest BCUT2D eigenvalue weighted by Gasteiger charge is 2.11. The second-order valence-corrected chi connectivity index (χ2v) is 3.32. The lowest BCUT2D eigenvalue weighted by Crippen LogP contribution is -1.95. The van der Waals surface area contributed by atoms with Gasteiger partial charge in [-0.25, -0.2) is 0 Å². The van der Waals surface area contributed by atoms with Crippen molar-refractivity contribution >= 4 is 6.08 Å². The molecule has 0 heterocycles. The van der Waals surface area contributed by atoms with Gasteiger partial charge >= 0.3 is 0 Å². The van der Waals surface area contributed by atoms with Gasteiger partial charge in [-0.15, -0.1) is 0 Å². The zero-order chi connectivity index (χ0) is 12.7. The van der Waals surface area contributed by atoms with Crippen LogP contribution in [0.5, 0.6) is 17.2 Å². The fourth-order valence-electron chi connectivity index (χ4n) is 1.48. The van der Waals surface area contributed by atoms with Crippen LogP contribution in [0.25, 0.3) is 6.08 Å². The van der Waals surface area contributed by atoms with Gasteiger partial charge in [0.1, 0.15) is 0 Å². The van der Waals surface area contributed by atoms with Crippen molar-refractivity contribution in [2.45, 2.75) is 0 Å². The predicted molar refractivity (Wildman–Crippen MR) is 67.0 cm³/mol. The van der Waals surface area contributed by atoms with Crippen LogP contribution in [0, 0.1) is 0 Å². The molecule has 1 rings (SSSR count). The largest absolute Gasteiger partial charge is 0.493 e. The molecule has 0 fully saturated rings. The molecule has 0 aromatic heterocycles. The number of benzene rings is 1. The van der Waals surface area contributed by atoms with Gasteiger partial charge in [0.2, 0.25) is 5.75 Å². The summed E-state index contributed by atoms with van der Waals surface area (Å²) in [5, 5.41) is 0. The van der Waals surface area contributed by atoms with Crippen LogP contribution >= 0.6 is 0 Å². The van der Waals surface area contributed by atoms with Gasteiger partial charge in [0.15, 0.2) is 11.5 Å². The number of hydrogen-bond acceptors (Lipinski definition) is 4. The quantitative estimate of drug-likeness (QED) is 0.762. The normalized spacial score (nSPS) is 10.6. The minimum atomic E-state index is 0.566. The first-order valence-electron chi connectivity index (χ1n) is 5.22. The lowest BCUT2D eigenvalue weighted by Gasteiger charge is -2.12. The van der Waals surface area contributed by atoms with Gasteiger partial charge in [0, 0.05) is 7.11 Å². The highest BCUT2D eigenvalue weighted by atomic mass is 16.5. The van der Waals surface area contributed by atoms with E-state index in [0.29, 0.717) is 23.9 Å². The van der Waals surface area contributed by atoms with E-state index in [1.165, 1.54) is 0 Å². The summed E-state index contributed by atoms with van der Waals surface area (Å²) in [5.74, 6) is 1.88. The molecule has 0 radical (unpaired) electrons. The Balaban J connectivity index is 3.08. The van der Waals surface area contributed by atoms with Crippen LogP contribution in [0.1, 0.15) is 5.56 Å². The van der Waals surface area contributed by atoms with E-state index in [9.17, 15) is 0 Å². The molecule has 0 bridgehead atoms. The van der Waals surface area contributed by atoms with Crippen molar-refractivity contribution in [2.24, 2.45) is 0 Å². The molecule has 94 valence electrons. The summed E-state index contributed by atoms with van der Waals surface area (Å²) in [6.07, 6.45) is 3.86. The van der Waals surface area contributed by atoms with Gasteiger partial charge < -0.3 is 18.9 Å². The molecule has 0 aliphatic heterocycles. The summed E-state index contributed by atoms with van der Waals surface area (Å²) < 4.78 is 20.7. The van der Waals surface area contributed by atoms with Crippen molar-refractivity contribution in [3.05, 3.63) is 23.8 Å². The van der Waals surface area contributed by atoms with E-state index in [-0.39, 0.29) is 0 Å². The molecule has 0 saturated heterocycles. The van der Waals surface area contributed by atoms with Gasteiger partial charge in [-0.05, 0) is 17.7 Å². The van der Waals surface area contributed by atoms with Crippen LogP contribution in [0.15, 0.2) is 18.2 Å². The van der Waals surface area contributed by atoms with Crippen LogP contribution in [0.3, 0.4) is 0 Å². The summed E-state index contributed by atoms with van der Waals surface area (Å²) in [7, 11) is 6.43. The number of hydrogen-bond donors (Lipinski definition) is 0. The molecule has 0 atom stereocenters. The van der Waals surface area contributed by atoms with E-state index < -0.39 is 0 Å². The third-order valence-electron chi connectivity index (χ3n) is 2.26. The van der Waals surface area contributed by atoms with Gasteiger partial charge in [-0.1, -0.05) is 12.2 Å². The fraction of sp³-hybridized carbons (Fsp3) is 0.385. The monoisotopic (exact) mass is 238 g/mol. The topological polar surface area (TPSA) is 36.9 Å². The van der Waals surface area contributed by atoms with Crippen molar-refractivity contribution < 1.29 is 18.9 Å². The Morgan fingerprint density at radius 2 is 1.53 bits per heavy atom. The zero-order valence-electron chi connectivity index (χ0n) is 10.6. The molecular weight excluding hydrogens is 220 g/mol. The molecule has 4 nitrogen and oxygen atoms in total. The highest BCUT2D eigenvalue weighted by Crippen LogP contribution is 2.38. The van der Waals surface area contributed by atoms with Crippen LogP contribution in [0.4, 0.5) is 0 Å². The average Bonchev–Trinajstić information content (AvgIpc) is 2.37. The summed E-state index contributed by atoms with van der Waals surface area (Å²) >= 11 is 0. The maximum atomic E-state index is 5.26. The maximum Gasteiger partial charge on any atom is 0.203 e. The minimum Gasteiger partial charge on any atom is -0.493 e. The highest BCUT2D eigenvalue weighted by molar-refractivity contribution is 5.62. The second-order valence-electron chi connectivity index (χ2n) is 3.32. The van der Waals surface area contributed by atoms with Crippen LogP contribution in [-0.4, -0.2) is 35.0 Å². The van der Waals surface area contributed by atoms with Crippen LogP contribution < -0.4 is 14.2 Å². The zero-order valence-corrected chi connectivity index (χ0v) is 10.6. The van der Waals surface area contributed by atoms with Crippen LogP contribution in [-0.2, 0) is 4.74 Å². The third-order valence-corrected chi connectivity index (χ3v) is 2.26. The van der Waals surface area contributed by atoms with E-state index >= 15 is 0 Å². The standard InChI is InChI=1S/C13H18O4/c1-14-7-5-6-10-8-11(15-2)13(17-4)12(9-10)16-3/h5-6,8-9H,7H2,1-4H3/b6-5+. The summed E-state index contributed by atoms with van der Waals surface area (Å²) in [6.45, 7) is 0.566. The molecule has 0 spiro atoms. The average molecular weight is 238 g/mol. The van der Waals surface area contributed by atoms with Gasteiger partial charge in [-0.3, -0.25) is 0 Å².